The molecular weight excluding hydrogens is 326 g/mol. The molecule has 24 heavy (non-hydrogen) atoms. The number of benzene rings is 1. The number of hydrogen-bond donors (Lipinski definition) is 0. The van der Waals surface area contributed by atoms with E-state index in [-0.39, 0.29) is 12.1 Å². The van der Waals surface area contributed by atoms with Gasteiger partial charge in [-0.1, -0.05) is 0 Å². The van der Waals surface area contributed by atoms with E-state index in [0.717, 1.165) is 33.3 Å². The Labute approximate surface area is 145 Å². The SMILES string of the molecule is CC(=O)Oc1cc2c(c3c(C)csc13)CCN2C(=O)OC(C)(C)C. The van der Waals surface area contributed by atoms with Gasteiger partial charge in [0.1, 0.15) is 5.60 Å². The van der Waals surface area contributed by atoms with Gasteiger partial charge in [-0.25, -0.2) is 4.79 Å². The van der Waals surface area contributed by atoms with Crippen LogP contribution in [0.4, 0.5) is 10.5 Å². The Morgan fingerprint density at radius 1 is 1.29 bits per heavy atom. The maximum atomic E-state index is 12.5. The van der Waals surface area contributed by atoms with E-state index in [1.165, 1.54) is 6.92 Å². The standard InChI is InChI=1S/C18H21NO4S/c1-10-9-24-16-14(22-11(2)20)8-13-12(15(10)16)6-7-19(13)17(21)23-18(3,4)5/h8-9H,6-7H2,1-5H3. The van der Waals surface area contributed by atoms with Gasteiger partial charge in [-0.3, -0.25) is 9.69 Å². The second kappa shape index (κ2) is 5.77. The van der Waals surface area contributed by atoms with E-state index < -0.39 is 5.60 Å². The number of ether oxygens (including phenoxy) is 2. The van der Waals surface area contributed by atoms with Crippen molar-refractivity contribution in [3.8, 4) is 5.75 Å². The third-order valence-corrected chi connectivity index (χ3v) is 4.93. The van der Waals surface area contributed by atoms with Crippen LogP contribution < -0.4 is 9.64 Å². The number of esters is 1. The van der Waals surface area contributed by atoms with Gasteiger partial charge in [0.15, 0.2) is 5.75 Å². The van der Waals surface area contributed by atoms with Crippen molar-refractivity contribution >= 4 is 39.2 Å². The van der Waals surface area contributed by atoms with Crippen molar-refractivity contribution in [1.82, 2.24) is 0 Å². The highest BCUT2D eigenvalue weighted by Crippen LogP contribution is 2.44. The number of rotatable bonds is 1. The van der Waals surface area contributed by atoms with Gasteiger partial charge >= 0.3 is 12.1 Å². The summed E-state index contributed by atoms with van der Waals surface area (Å²) in [5, 5.41) is 3.13. The molecule has 5 nitrogen and oxygen atoms in total. The van der Waals surface area contributed by atoms with Gasteiger partial charge in [0, 0.05) is 24.9 Å². The maximum Gasteiger partial charge on any atom is 0.414 e. The molecule has 0 radical (unpaired) electrons. The van der Waals surface area contributed by atoms with Gasteiger partial charge in [-0.2, -0.15) is 0 Å². The van der Waals surface area contributed by atoms with E-state index in [1.54, 1.807) is 22.3 Å². The number of carbonyl (C=O) groups is 2. The van der Waals surface area contributed by atoms with Crippen LogP contribution in [0.3, 0.4) is 0 Å². The maximum absolute atomic E-state index is 12.5. The zero-order valence-corrected chi connectivity index (χ0v) is 15.4. The fourth-order valence-electron chi connectivity index (χ4n) is 2.98. The first kappa shape index (κ1) is 16.8. The molecule has 2 heterocycles. The number of hydrogen-bond acceptors (Lipinski definition) is 5. The van der Waals surface area contributed by atoms with Crippen LogP contribution in [-0.2, 0) is 16.0 Å². The summed E-state index contributed by atoms with van der Waals surface area (Å²) < 4.78 is 11.8. The lowest BCUT2D eigenvalue weighted by molar-refractivity contribution is -0.131. The first-order chi connectivity index (χ1) is 11.2. The van der Waals surface area contributed by atoms with Crippen LogP contribution in [0.1, 0.15) is 38.8 Å². The number of carbonyl (C=O) groups excluding carboxylic acids is 2. The van der Waals surface area contributed by atoms with Crippen molar-refractivity contribution in [3.05, 3.63) is 22.6 Å². The normalized spacial score (nSPS) is 14.0. The Balaban J connectivity index is 2.10. The quantitative estimate of drug-likeness (QED) is 0.565. The first-order valence-corrected chi connectivity index (χ1v) is 8.78. The van der Waals surface area contributed by atoms with Crippen LogP contribution in [0.15, 0.2) is 11.4 Å². The van der Waals surface area contributed by atoms with E-state index >= 15 is 0 Å². The summed E-state index contributed by atoms with van der Waals surface area (Å²) in [6.07, 6.45) is 0.394. The molecule has 1 aliphatic rings. The van der Waals surface area contributed by atoms with Crippen molar-refractivity contribution in [2.75, 3.05) is 11.4 Å². The van der Waals surface area contributed by atoms with E-state index in [2.05, 4.69) is 0 Å². The highest BCUT2D eigenvalue weighted by Gasteiger charge is 2.32. The molecule has 2 aromatic rings. The molecule has 0 saturated carbocycles. The topological polar surface area (TPSA) is 55.8 Å². The Kier molecular flexibility index (Phi) is 4.03. The summed E-state index contributed by atoms with van der Waals surface area (Å²) >= 11 is 1.56. The van der Waals surface area contributed by atoms with E-state index in [9.17, 15) is 9.59 Å². The zero-order valence-electron chi connectivity index (χ0n) is 14.6. The highest BCUT2D eigenvalue weighted by atomic mass is 32.1. The summed E-state index contributed by atoms with van der Waals surface area (Å²) in [5.74, 6) is 0.133. The van der Waals surface area contributed by atoms with E-state index in [4.69, 9.17) is 9.47 Å². The monoisotopic (exact) mass is 347 g/mol. The molecule has 0 fully saturated rings. The molecule has 1 aliphatic heterocycles. The van der Waals surface area contributed by atoms with Gasteiger partial charge in [-0.15, -0.1) is 11.3 Å². The van der Waals surface area contributed by atoms with Gasteiger partial charge in [0.2, 0.25) is 0 Å². The van der Waals surface area contributed by atoms with Gasteiger partial charge < -0.3 is 9.47 Å². The predicted molar refractivity (Wildman–Crippen MR) is 95.2 cm³/mol. The minimum atomic E-state index is -0.555. The number of anilines is 1. The van der Waals surface area contributed by atoms with Crippen LogP contribution in [-0.4, -0.2) is 24.2 Å². The van der Waals surface area contributed by atoms with Crippen LogP contribution in [0, 0.1) is 6.92 Å². The van der Waals surface area contributed by atoms with Crippen LogP contribution in [0.2, 0.25) is 0 Å². The number of aryl methyl sites for hydroxylation is 1. The number of thiophene rings is 1. The number of fused-ring (bicyclic) bond motifs is 3. The van der Waals surface area contributed by atoms with Crippen LogP contribution in [0.25, 0.3) is 10.1 Å². The Bertz CT molecular complexity index is 832. The molecule has 0 spiro atoms. The van der Waals surface area contributed by atoms with Crippen molar-refractivity contribution in [2.24, 2.45) is 0 Å². The minimum Gasteiger partial charge on any atom is -0.443 e. The molecule has 3 rings (SSSR count). The number of amides is 1. The van der Waals surface area contributed by atoms with E-state index in [0.29, 0.717) is 12.3 Å². The molecule has 128 valence electrons. The predicted octanol–water partition coefficient (Wildman–Crippen LogP) is 4.43. The molecule has 0 saturated heterocycles. The molecule has 0 N–H and O–H groups in total. The average Bonchev–Trinajstić information content (AvgIpc) is 3.00. The second-order valence-corrected chi connectivity index (χ2v) is 7.85. The van der Waals surface area contributed by atoms with Crippen LogP contribution >= 0.6 is 11.3 Å². The number of nitrogens with zero attached hydrogens (tertiary/aromatic N) is 1. The molecular formula is C18H21NO4S. The first-order valence-electron chi connectivity index (χ1n) is 7.90. The molecule has 6 heteroatoms. The summed E-state index contributed by atoms with van der Waals surface area (Å²) in [6.45, 7) is 9.52. The summed E-state index contributed by atoms with van der Waals surface area (Å²) in [7, 11) is 0. The zero-order chi connectivity index (χ0) is 17.6. The Morgan fingerprint density at radius 3 is 2.62 bits per heavy atom. The average molecular weight is 347 g/mol. The third-order valence-electron chi connectivity index (χ3n) is 3.82. The fraction of sp³-hybridized carbons (Fsp3) is 0.444. The largest absolute Gasteiger partial charge is 0.443 e. The second-order valence-electron chi connectivity index (χ2n) is 6.97. The van der Waals surface area contributed by atoms with Crippen LogP contribution in [0.5, 0.6) is 5.75 Å². The lowest BCUT2D eigenvalue weighted by atomic mass is 10.0. The smallest absolute Gasteiger partial charge is 0.414 e. The van der Waals surface area contributed by atoms with Crippen molar-refractivity contribution < 1.29 is 19.1 Å². The fourth-order valence-corrected chi connectivity index (χ4v) is 4.01. The molecule has 0 aliphatic carbocycles. The summed E-state index contributed by atoms with van der Waals surface area (Å²) in [5.41, 5.74) is 2.47. The van der Waals surface area contributed by atoms with Gasteiger partial charge in [-0.05, 0) is 50.6 Å². The molecule has 1 amide bonds. The van der Waals surface area contributed by atoms with Crippen molar-refractivity contribution in [2.45, 2.75) is 46.6 Å². The molecule has 0 bridgehead atoms. The summed E-state index contributed by atoms with van der Waals surface area (Å²) in [4.78, 5) is 25.6. The van der Waals surface area contributed by atoms with E-state index in [1.807, 2.05) is 33.1 Å². The van der Waals surface area contributed by atoms with Crippen molar-refractivity contribution in [1.29, 1.82) is 0 Å². The highest BCUT2D eigenvalue weighted by molar-refractivity contribution is 7.17. The van der Waals surface area contributed by atoms with Gasteiger partial charge in [0.05, 0.1) is 10.4 Å². The summed E-state index contributed by atoms with van der Waals surface area (Å²) in [6, 6.07) is 1.78. The Morgan fingerprint density at radius 2 is 2.00 bits per heavy atom. The lowest BCUT2D eigenvalue weighted by Gasteiger charge is -2.25. The van der Waals surface area contributed by atoms with Gasteiger partial charge in [0.25, 0.3) is 0 Å². The Hall–Kier alpha value is -2.08. The molecule has 1 aromatic carbocycles. The molecule has 0 atom stereocenters. The van der Waals surface area contributed by atoms with Crippen molar-refractivity contribution in [3.63, 3.8) is 0 Å². The molecule has 1 aromatic heterocycles. The molecule has 0 unspecified atom stereocenters. The minimum absolute atomic E-state index is 0.371. The third kappa shape index (κ3) is 2.98. The lowest BCUT2D eigenvalue weighted by Crippen LogP contribution is -2.35.